The van der Waals surface area contributed by atoms with Gasteiger partial charge in [-0.1, -0.05) is 6.07 Å². The van der Waals surface area contributed by atoms with Crippen LogP contribution in [0.15, 0.2) is 17.1 Å². The molecule has 13 heavy (non-hydrogen) atoms. The number of fused-ring (bicyclic) bond motifs is 1. The Morgan fingerprint density at radius 2 is 2.31 bits per heavy atom. The molecule has 0 fully saturated rings. The monoisotopic (exact) mass is 174 g/mol. The lowest BCUT2D eigenvalue weighted by Crippen LogP contribution is -1.77. The summed E-state index contributed by atoms with van der Waals surface area (Å²) in [5, 5.41) is 10.2. The van der Waals surface area contributed by atoms with Crippen molar-refractivity contribution in [3.05, 3.63) is 17.7 Å². The van der Waals surface area contributed by atoms with Crippen molar-refractivity contribution in [1.82, 2.24) is 15.4 Å². The fourth-order valence-corrected chi connectivity index (χ4v) is 1.19. The predicted molar refractivity (Wildman–Crippen MR) is 46.4 cm³/mol. The van der Waals surface area contributed by atoms with Crippen LogP contribution >= 0.6 is 0 Å². The van der Waals surface area contributed by atoms with Gasteiger partial charge in [-0.3, -0.25) is 0 Å². The molecule has 0 radical (unpaired) electrons. The van der Waals surface area contributed by atoms with Gasteiger partial charge in [0.15, 0.2) is 0 Å². The van der Waals surface area contributed by atoms with Crippen molar-refractivity contribution in [2.75, 3.05) is 0 Å². The van der Waals surface area contributed by atoms with Gasteiger partial charge in [-0.15, -0.1) is 0 Å². The first-order valence-electron chi connectivity index (χ1n) is 3.71. The van der Waals surface area contributed by atoms with E-state index in [1.54, 1.807) is 0 Å². The van der Waals surface area contributed by atoms with Crippen molar-refractivity contribution in [2.45, 2.75) is 6.92 Å². The molecule has 0 amide bonds. The molecule has 5 heteroatoms. The van der Waals surface area contributed by atoms with Crippen molar-refractivity contribution in [3.63, 3.8) is 0 Å². The molecular formula is C8H6N4O. The average Bonchev–Trinajstić information content (AvgIpc) is 2.58. The van der Waals surface area contributed by atoms with E-state index in [1.807, 2.05) is 19.1 Å². The summed E-state index contributed by atoms with van der Waals surface area (Å²) in [6, 6.07) is 3.65. The lowest BCUT2D eigenvalue weighted by Gasteiger charge is -1.95. The number of benzene rings is 1. The highest BCUT2D eigenvalue weighted by atomic mass is 16.1. The van der Waals surface area contributed by atoms with E-state index in [2.05, 4.69) is 20.4 Å². The minimum absolute atomic E-state index is 0.529. The zero-order valence-electron chi connectivity index (χ0n) is 6.90. The number of aliphatic imine (C=N–C) groups is 1. The van der Waals surface area contributed by atoms with E-state index < -0.39 is 0 Å². The second-order valence-corrected chi connectivity index (χ2v) is 2.63. The van der Waals surface area contributed by atoms with Crippen molar-refractivity contribution in [2.24, 2.45) is 4.99 Å². The Bertz CT molecular complexity index is 496. The standard InChI is InChI=1S/C8H6N4O/c1-5-2-3-6-8(11-12-10-6)7(5)9-4-13/h2-3H,1H3,(H,10,11,12). The number of aromatic nitrogens is 3. The number of nitrogens with zero attached hydrogens (tertiary/aromatic N) is 3. The van der Waals surface area contributed by atoms with Gasteiger partial charge in [0.05, 0.1) is 0 Å². The second kappa shape index (κ2) is 2.80. The maximum absolute atomic E-state index is 10.1. The van der Waals surface area contributed by atoms with Crippen LogP contribution in [0.25, 0.3) is 11.0 Å². The van der Waals surface area contributed by atoms with Crippen molar-refractivity contribution >= 4 is 22.8 Å². The topological polar surface area (TPSA) is 71.0 Å². The van der Waals surface area contributed by atoms with E-state index in [9.17, 15) is 4.79 Å². The molecular weight excluding hydrogens is 168 g/mol. The molecule has 0 atom stereocenters. The van der Waals surface area contributed by atoms with Crippen LogP contribution in [-0.2, 0) is 4.79 Å². The third kappa shape index (κ3) is 1.11. The molecule has 64 valence electrons. The molecule has 0 unspecified atom stereocenters. The molecule has 1 aromatic heterocycles. The van der Waals surface area contributed by atoms with Gasteiger partial charge in [0.2, 0.25) is 6.08 Å². The Kier molecular flexibility index (Phi) is 1.65. The molecule has 1 N–H and O–H groups in total. The lowest BCUT2D eigenvalue weighted by molar-refractivity contribution is 0.565. The summed E-state index contributed by atoms with van der Waals surface area (Å²) < 4.78 is 0. The Morgan fingerprint density at radius 1 is 1.46 bits per heavy atom. The first-order chi connectivity index (χ1) is 6.33. The fourth-order valence-electron chi connectivity index (χ4n) is 1.19. The number of nitrogens with one attached hydrogen (secondary N) is 1. The van der Waals surface area contributed by atoms with Gasteiger partial charge < -0.3 is 0 Å². The number of carbonyl (C=O) groups excluding carboxylic acids is 1. The van der Waals surface area contributed by atoms with E-state index in [0.717, 1.165) is 5.56 Å². The molecule has 0 spiro atoms. The molecule has 2 rings (SSSR count). The molecule has 2 aromatic rings. The molecule has 0 saturated carbocycles. The van der Waals surface area contributed by atoms with Crippen LogP contribution in [0.5, 0.6) is 0 Å². The van der Waals surface area contributed by atoms with Gasteiger partial charge in [-0.2, -0.15) is 20.4 Å². The fraction of sp³-hybridized carbons (Fsp3) is 0.125. The molecule has 1 aromatic carbocycles. The molecule has 0 aliphatic rings. The summed E-state index contributed by atoms with van der Waals surface area (Å²) >= 11 is 0. The van der Waals surface area contributed by atoms with Crippen LogP contribution in [0, 0.1) is 6.92 Å². The number of aryl methyl sites for hydroxylation is 1. The van der Waals surface area contributed by atoms with Crippen molar-refractivity contribution < 1.29 is 4.79 Å². The highest BCUT2D eigenvalue weighted by molar-refractivity contribution is 5.88. The summed E-state index contributed by atoms with van der Waals surface area (Å²) in [4.78, 5) is 13.7. The van der Waals surface area contributed by atoms with Crippen molar-refractivity contribution in [3.8, 4) is 0 Å². The number of hydrogen-bond acceptors (Lipinski definition) is 4. The van der Waals surface area contributed by atoms with Crippen LogP contribution in [0.4, 0.5) is 5.69 Å². The third-order valence-corrected chi connectivity index (χ3v) is 1.82. The minimum Gasteiger partial charge on any atom is -0.211 e. The van der Waals surface area contributed by atoms with E-state index in [0.29, 0.717) is 16.7 Å². The summed E-state index contributed by atoms with van der Waals surface area (Å²) in [7, 11) is 0. The van der Waals surface area contributed by atoms with Crippen LogP contribution in [-0.4, -0.2) is 21.5 Å². The number of aromatic amines is 1. The Hall–Kier alpha value is -2.00. The highest BCUT2D eigenvalue weighted by Crippen LogP contribution is 2.25. The first-order valence-corrected chi connectivity index (χ1v) is 3.71. The molecule has 1 heterocycles. The van der Waals surface area contributed by atoms with E-state index in [-0.39, 0.29) is 0 Å². The van der Waals surface area contributed by atoms with Gasteiger partial charge in [0, 0.05) is 0 Å². The van der Waals surface area contributed by atoms with E-state index in [4.69, 9.17) is 0 Å². The van der Waals surface area contributed by atoms with Crippen LogP contribution in [0.3, 0.4) is 0 Å². The number of isocyanates is 1. The quantitative estimate of drug-likeness (QED) is 0.522. The van der Waals surface area contributed by atoms with E-state index in [1.165, 1.54) is 6.08 Å². The zero-order valence-corrected chi connectivity index (χ0v) is 6.90. The Labute approximate surface area is 73.5 Å². The summed E-state index contributed by atoms with van der Waals surface area (Å²) in [5.74, 6) is 0. The molecule has 0 aliphatic heterocycles. The summed E-state index contributed by atoms with van der Waals surface area (Å²) in [5.41, 5.74) is 2.70. The number of hydrogen-bond donors (Lipinski definition) is 1. The molecule has 5 nitrogen and oxygen atoms in total. The maximum Gasteiger partial charge on any atom is 0.240 e. The third-order valence-electron chi connectivity index (χ3n) is 1.82. The van der Waals surface area contributed by atoms with Gasteiger partial charge in [0.25, 0.3) is 0 Å². The van der Waals surface area contributed by atoms with Crippen LogP contribution in [0.2, 0.25) is 0 Å². The zero-order chi connectivity index (χ0) is 9.26. The SMILES string of the molecule is Cc1ccc2n[nH]nc2c1N=C=O. The Balaban J connectivity index is 2.87. The second-order valence-electron chi connectivity index (χ2n) is 2.63. The normalized spacial score (nSPS) is 9.92. The minimum atomic E-state index is 0.529. The molecule has 0 bridgehead atoms. The summed E-state index contributed by atoms with van der Waals surface area (Å²) in [6.07, 6.45) is 1.50. The van der Waals surface area contributed by atoms with Crippen LogP contribution in [0.1, 0.15) is 5.56 Å². The van der Waals surface area contributed by atoms with Crippen molar-refractivity contribution in [1.29, 1.82) is 0 Å². The van der Waals surface area contributed by atoms with Gasteiger partial charge in [0.1, 0.15) is 16.7 Å². The van der Waals surface area contributed by atoms with Gasteiger partial charge in [-0.05, 0) is 18.6 Å². The number of rotatable bonds is 1. The lowest BCUT2D eigenvalue weighted by atomic mass is 10.2. The highest BCUT2D eigenvalue weighted by Gasteiger charge is 2.06. The molecule has 0 aliphatic carbocycles. The van der Waals surface area contributed by atoms with E-state index >= 15 is 0 Å². The first kappa shape index (κ1) is 7.64. The van der Waals surface area contributed by atoms with Gasteiger partial charge >= 0.3 is 0 Å². The maximum atomic E-state index is 10.1. The van der Waals surface area contributed by atoms with Gasteiger partial charge in [-0.25, -0.2) is 4.79 Å². The van der Waals surface area contributed by atoms with Crippen LogP contribution < -0.4 is 0 Å². The number of H-pyrrole nitrogens is 1. The largest absolute Gasteiger partial charge is 0.240 e. The summed E-state index contributed by atoms with van der Waals surface area (Å²) in [6.45, 7) is 1.85. The molecule has 0 saturated heterocycles. The Morgan fingerprint density at radius 3 is 3.08 bits per heavy atom. The predicted octanol–water partition coefficient (Wildman–Crippen LogP) is 1.23. The smallest absolute Gasteiger partial charge is 0.211 e. The average molecular weight is 174 g/mol.